The molecule has 0 saturated carbocycles. The Labute approximate surface area is 110 Å². The number of nitrogens with zero attached hydrogens (tertiary/aromatic N) is 3. The van der Waals surface area contributed by atoms with Crippen LogP contribution in [0.1, 0.15) is 20.3 Å². The molecule has 1 aromatic heterocycles. The summed E-state index contributed by atoms with van der Waals surface area (Å²) in [6.07, 6.45) is 4.86. The molecule has 0 unspecified atom stereocenters. The fourth-order valence-corrected chi connectivity index (χ4v) is 1.90. The van der Waals surface area contributed by atoms with Crippen LogP contribution in [0.3, 0.4) is 0 Å². The quantitative estimate of drug-likeness (QED) is 0.645. The van der Waals surface area contributed by atoms with E-state index in [0.29, 0.717) is 0 Å². The SMILES string of the molecule is CCN(CC)CCNc1nccn1CCCOC. The van der Waals surface area contributed by atoms with Crippen molar-refractivity contribution in [2.75, 3.05) is 45.2 Å². The van der Waals surface area contributed by atoms with Gasteiger partial charge in [-0.3, -0.25) is 0 Å². The summed E-state index contributed by atoms with van der Waals surface area (Å²) >= 11 is 0. The molecule has 1 rings (SSSR count). The van der Waals surface area contributed by atoms with Gasteiger partial charge in [-0.15, -0.1) is 0 Å². The summed E-state index contributed by atoms with van der Waals surface area (Å²) in [5.41, 5.74) is 0. The molecular formula is C13H26N4O. The second-order valence-electron chi connectivity index (χ2n) is 4.24. The maximum atomic E-state index is 5.06. The monoisotopic (exact) mass is 254 g/mol. The largest absolute Gasteiger partial charge is 0.385 e. The fraction of sp³-hybridized carbons (Fsp3) is 0.769. The van der Waals surface area contributed by atoms with Crippen LogP contribution in [0, 0.1) is 0 Å². The van der Waals surface area contributed by atoms with Gasteiger partial charge < -0.3 is 19.5 Å². The molecule has 104 valence electrons. The minimum atomic E-state index is 0.789. The molecule has 18 heavy (non-hydrogen) atoms. The summed E-state index contributed by atoms with van der Waals surface area (Å²) in [7, 11) is 1.73. The Bertz CT molecular complexity index is 310. The second kappa shape index (κ2) is 8.94. The van der Waals surface area contributed by atoms with E-state index in [4.69, 9.17) is 4.74 Å². The lowest BCUT2D eigenvalue weighted by atomic mass is 10.4. The van der Waals surface area contributed by atoms with Gasteiger partial charge in [-0.2, -0.15) is 0 Å². The van der Waals surface area contributed by atoms with E-state index in [1.54, 1.807) is 7.11 Å². The zero-order valence-corrected chi connectivity index (χ0v) is 11.9. The van der Waals surface area contributed by atoms with Crippen LogP contribution >= 0.6 is 0 Å². The number of hydrogen-bond donors (Lipinski definition) is 1. The Morgan fingerprint density at radius 2 is 2.17 bits per heavy atom. The molecule has 0 aliphatic rings. The molecule has 5 nitrogen and oxygen atoms in total. The second-order valence-corrected chi connectivity index (χ2v) is 4.24. The van der Waals surface area contributed by atoms with Crippen molar-refractivity contribution < 1.29 is 4.74 Å². The smallest absolute Gasteiger partial charge is 0.202 e. The average molecular weight is 254 g/mol. The molecule has 0 radical (unpaired) electrons. The maximum Gasteiger partial charge on any atom is 0.202 e. The Morgan fingerprint density at radius 1 is 1.39 bits per heavy atom. The van der Waals surface area contributed by atoms with Gasteiger partial charge in [0, 0.05) is 45.7 Å². The van der Waals surface area contributed by atoms with E-state index < -0.39 is 0 Å². The lowest BCUT2D eigenvalue weighted by Gasteiger charge is -2.18. The van der Waals surface area contributed by atoms with Crippen molar-refractivity contribution in [1.82, 2.24) is 14.5 Å². The first-order valence-electron chi connectivity index (χ1n) is 6.78. The summed E-state index contributed by atoms with van der Waals surface area (Å²) < 4.78 is 7.20. The highest BCUT2D eigenvalue weighted by Crippen LogP contribution is 2.05. The zero-order valence-electron chi connectivity index (χ0n) is 11.9. The summed E-state index contributed by atoms with van der Waals surface area (Å²) in [5, 5.41) is 3.39. The molecule has 0 fully saturated rings. The Balaban J connectivity index is 2.31. The number of methoxy groups -OCH3 is 1. The molecule has 0 saturated heterocycles. The van der Waals surface area contributed by atoms with Gasteiger partial charge in [-0.05, 0) is 19.5 Å². The van der Waals surface area contributed by atoms with E-state index in [1.165, 1.54) is 0 Å². The van der Waals surface area contributed by atoms with Crippen LogP contribution < -0.4 is 5.32 Å². The van der Waals surface area contributed by atoms with Gasteiger partial charge in [-0.1, -0.05) is 13.8 Å². The number of anilines is 1. The van der Waals surface area contributed by atoms with Crippen LogP contribution in [0.4, 0.5) is 5.95 Å². The Morgan fingerprint density at radius 3 is 2.83 bits per heavy atom. The molecule has 1 aromatic rings. The van der Waals surface area contributed by atoms with Gasteiger partial charge in [0.2, 0.25) is 5.95 Å². The highest BCUT2D eigenvalue weighted by Gasteiger charge is 2.03. The third-order valence-corrected chi connectivity index (χ3v) is 3.07. The number of hydrogen-bond acceptors (Lipinski definition) is 4. The Hall–Kier alpha value is -1.07. The topological polar surface area (TPSA) is 42.3 Å². The molecule has 0 amide bonds. The van der Waals surface area contributed by atoms with Crippen molar-refractivity contribution in [2.45, 2.75) is 26.8 Å². The predicted octanol–water partition coefficient (Wildman–Crippen LogP) is 1.67. The number of likely N-dealkylation sites (N-methyl/N-ethyl adjacent to an activating group) is 1. The maximum absolute atomic E-state index is 5.06. The van der Waals surface area contributed by atoms with Gasteiger partial charge in [0.05, 0.1) is 0 Å². The zero-order chi connectivity index (χ0) is 13.2. The van der Waals surface area contributed by atoms with Gasteiger partial charge in [0.1, 0.15) is 0 Å². The molecule has 0 atom stereocenters. The highest BCUT2D eigenvalue weighted by atomic mass is 16.5. The molecule has 0 aromatic carbocycles. The third kappa shape index (κ3) is 5.06. The summed E-state index contributed by atoms with van der Waals surface area (Å²) in [6.45, 7) is 10.3. The minimum Gasteiger partial charge on any atom is -0.385 e. The van der Waals surface area contributed by atoms with Crippen LogP contribution in [0.2, 0.25) is 0 Å². The number of ether oxygens (including phenoxy) is 1. The summed E-state index contributed by atoms with van der Waals surface area (Å²) in [5.74, 6) is 0.957. The lowest BCUT2D eigenvalue weighted by molar-refractivity contribution is 0.190. The van der Waals surface area contributed by atoms with Crippen LogP contribution in [0.15, 0.2) is 12.4 Å². The normalized spacial score (nSPS) is 11.1. The fourth-order valence-electron chi connectivity index (χ4n) is 1.90. The first-order chi connectivity index (χ1) is 8.81. The number of aromatic nitrogens is 2. The van der Waals surface area contributed by atoms with Crippen molar-refractivity contribution in [3.63, 3.8) is 0 Å². The van der Waals surface area contributed by atoms with E-state index in [1.807, 2.05) is 12.4 Å². The summed E-state index contributed by atoms with van der Waals surface area (Å²) in [4.78, 5) is 6.73. The minimum absolute atomic E-state index is 0.789. The molecular weight excluding hydrogens is 228 g/mol. The Kier molecular flexibility index (Phi) is 7.44. The van der Waals surface area contributed by atoms with E-state index in [-0.39, 0.29) is 0 Å². The molecule has 5 heteroatoms. The van der Waals surface area contributed by atoms with Gasteiger partial charge >= 0.3 is 0 Å². The highest BCUT2D eigenvalue weighted by molar-refractivity contribution is 5.25. The first-order valence-corrected chi connectivity index (χ1v) is 6.78. The van der Waals surface area contributed by atoms with Crippen molar-refractivity contribution in [3.05, 3.63) is 12.4 Å². The van der Waals surface area contributed by atoms with Crippen LogP contribution in [0.25, 0.3) is 0 Å². The van der Waals surface area contributed by atoms with Crippen molar-refractivity contribution >= 4 is 5.95 Å². The molecule has 0 spiro atoms. The molecule has 0 aliphatic carbocycles. The lowest BCUT2D eigenvalue weighted by Crippen LogP contribution is -2.29. The number of aryl methyl sites for hydroxylation is 1. The van der Waals surface area contributed by atoms with Gasteiger partial charge in [0.15, 0.2) is 0 Å². The van der Waals surface area contributed by atoms with E-state index in [0.717, 1.165) is 51.7 Å². The average Bonchev–Trinajstić information content (AvgIpc) is 2.83. The molecule has 0 bridgehead atoms. The molecule has 1 N–H and O–H groups in total. The van der Waals surface area contributed by atoms with Crippen molar-refractivity contribution in [2.24, 2.45) is 0 Å². The third-order valence-electron chi connectivity index (χ3n) is 3.07. The van der Waals surface area contributed by atoms with Crippen LogP contribution in [-0.2, 0) is 11.3 Å². The van der Waals surface area contributed by atoms with E-state index >= 15 is 0 Å². The number of rotatable bonds is 10. The van der Waals surface area contributed by atoms with Crippen LogP contribution in [0.5, 0.6) is 0 Å². The predicted molar refractivity (Wildman–Crippen MR) is 75.0 cm³/mol. The van der Waals surface area contributed by atoms with Crippen molar-refractivity contribution in [3.8, 4) is 0 Å². The standard InChI is InChI=1S/C13H26N4O/c1-4-16(5-2)10-7-14-13-15-8-11-17(13)9-6-12-18-3/h8,11H,4-7,9-10,12H2,1-3H3,(H,14,15). The van der Waals surface area contributed by atoms with Gasteiger partial charge in [-0.25, -0.2) is 4.98 Å². The first kappa shape index (κ1) is 15.0. The van der Waals surface area contributed by atoms with Crippen LogP contribution in [-0.4, -0.2) is 54.3 Å². The van der Waals surface area contributed by atoms with E-state index in [2.05, 4.69) is 33.6 Å². The van der Waals surface area contributed by atoms with Gasteiger partial charge in [0.25, 0.3) is 0 Å². The van der Waals surface area contributed by atoms with Crippen molar-refractivity contribution in [1.29, 1.82) is 0 Å². The number of imidazole rings is 1. The molecule has 0 aliphatic heterocycles. The summed E-state index contributed by atoms with van der Waals surface area (Å²) in [6, 6.07) is 0. The number of nitrogens with one attached hydrogen (secondary N) is 1. The van der Waals surface area contributed by atoms with E-state index in [9.17, 15) is 0 Å². The molecule has 1 heterocycles.